The summed E-state index contributed by atoms with van der Waals surface area (Å²) in [6.07, 6.45) is 4.67. The number of hydrogen-bond donors (Lipinski definition) is 0. The maximum atomic E-state index is 2.34. The van der Waals surface area contributed by atoms with E-state index in [1.807, 2.05) is 0 Å². The number of rotatable bonds is 0. The van der Waals surface area contributed by atoms with E-state index in [0.717, 1.165) is 0 Å². The van der Waals surface area contributed by atoms with Crippen molar-refractivity contribution in [2.24, 2.45) is 0 Å². The third kappa shape index (κ3) is 0.700. The SMILES string of the molecule is Cc1cccc2c1[C@H]1C=C[C@@H]2S1. The zero-order chi connectivity index (χ0) is 8.13. The van der Waals surface area contributed by atoms with Crippen molar-refractivity contribution in [3.63, 3.8) is 0 Å². The van der Waals surface area contributed by atoms with Crippen molar-refractivity contribution >= 4 is 11.8 Å². The lowest BCUT2D eigenvalue weighted by molar-refractivity contribution is 1.11. The van der Waals surface area contributed by atoms with Gasteiger partial charge < -0.3 is 0 Å². The van der Waals surface area contributed by atoms with E-state index in [-0.39, 0.29) is 0 Å². The van der Waals surface area contributed by atoms with Gasteiger partial charge in [-0.2, -0.15) is 0 Å². The Morgan fingerprint density at radius 1 is 1.17 bits per heavy atom. The largest absolute Gasteiger partial charge is 0.137 e. The predicted molar refractivity (Wildman–Crippen MR) is 53.4 cm³/mol. The molecule has 2 atom stereocenters. The quantitative estimate of drug-likeness (QED) is 0.543. The van der Waals surface area contributed by atoms with Crippen LogP contribution in [0.3, 0.4) is 0 Å². The van der Waals surface area contributed by atoms with Crippen molar-refractivity contribution in [1.29, 1.82) is 0 Å². The molecule has 1 heteroatoms. The molecule has 0 unspecified atom stereocenters. The molecule has 0 radical (unpaired) electrons. The molecule has 12 heavy (non-hydrogen) atoms. The molecular weight excluding hydrogens is 164 g/mol. The summed E-state index contributed by atoms with van der Waals surface area (Å²) in [7, 11) is 0. The Kier molecular flexibility index (Phi) is 1.23. The van der Waals surface area contributed by atoms with E-state index in [9.17, 15) is 0 Å². The number of aryl methyl sites for hydroxylation is 1. The minimum absolute atomic E-state index is 0.657. The van der Waals surface area contributed by atoms with Crippen LogP contribution in [0.15, 0.2) is 30.4 Å². The molecule has 0 fully saturated rings. The van der Waals surface area contributed by atoms with Gasteiger partial charge in [0.1, 0.15) is 0 Å². The molecule has 0 N–H and O–H groups in total. The van der Waals surface area contributed by atoms with Crippen LogP contribution >= 0.6 is 11.8 Å². The van der Waals surface area contributed by atoms with Crippen molar-refractivity contribution in [1.82, 2.24) is 0 Å². The first-order valence-corrected chi connectivity index (χ1v) is 5.24. The second-order valence-electron chi connectivity index (χ2n) is 3.44. The first-order chi connectivity index (χ1) is 5.86. The molecule has 1 aromatic carbocycles. The average molecular weight is 174 g/mol. The Hall–Kier alpha value is -0.690. The molecule has 1 aromatic rings. The van der Waals surface area contributed by atoms with Crippen LogP contribution in [-0.4, -0.2) is 0 Å². The first-order valence-electron chi connectivity index (χ1n) is 4.29. The lowest BCUT2D eigenvalue weighted by atomic mass is 9.93. The average Bonchev–Trinajstić information content (AvgIpc) is 2.64. The van der Waals surface area contributed by atoms with Crippen LogP contribution in [0.4, 0.5) is 0 Å². The lowest BCUT2D eigenvalue weighted by Gasteiger charge is -2.10. The molecule has 2 bridgehead atoms. The van der Waals surface area contributed by atoms with Gasteiger partial charge in [0, 0.05) is 10.5 Å². The Morgan fingerprint density at radius 2 is 2.00 bits per heavy atom. The molecule has 0 aliphatic carbocycles. The second kappa shape index (κ2) is 2.17. The summed E-state index contributed by atoms with van der Waals surface area (Å²) in [5.41, 5.74) is 4.58. The Bertz CT molecular complexity index is 365. The van der Waals surface area contributed by atoms with E-state index >= 15 is 0 Å². The van der Waals surface area contributed by atoms with Gasteiger partial charge in [-0.15, -0.1) is 11.8 Å². The van der Waals surface area contributed by atoms with Gasteiger partial charge in [-0.1, -0.05) is 30.4 Å². The van der Waals surface area contributed by atoms with Crippen molar-refractivity contribution in [3.05, 3.63) is 47.0 Å². The van der Waals surface area contributed by atoms with Gasteiger partial charge in [0.2, 0.25) is 0 Å². The van der Waals surface area contributed by atoms with Gasteiger partial charge in [0.15, 0.2) is 0 Å². The summed E-state index contributed by atoms with van der Waals surface area (Å²) >= 11 is 2.06. The highest BCUT2D eigenvalue weighted by Gasteiger charge is 2.33. The summed E-state index contributed by atoms with van der Waals surface area (Å²) in [5.74, 6) is 0. The molecule has 3 rings (SSSR count). The molecule has 2 aliphatic heterocycles. The fraction of sp³-hybridized carbons (Fsp3) is 0.273. The third-order valence-corrected chi connectivity index (χ3v) is 4.09. The summed E-state index contributed by atoms with van der Waals surface area (Å²) in [5, 5.41) is 1.32. The van der Waals surface area contributed by atoms with Gasteiger partial charge in [-0.05, 0) is 23.6 Å². The highest BCUT2D eigenvalue weighted by molar-refractivity contribution is 8.00. The zero-order valence-electron chi connectivity index (χ0n) is 6.95. The van der Waals surface area contributed by atoms with Gasteiger partial charge in [-0.25, -0.2) is 0 Å². The van der Waals surface area contributed by atoms with E-state index in [1.165, 1.54) is 5.56 Å². The van der Waals surface area contributed by atoms with Crippen molar-refractivity contribution in [3.8, 4) is 0 Å². The highest BCUT2D eigenvalue weighted by Crippen LogP contribution is 2.57. The Balaban J connectivity index is 2.30. The summed E-state index contributed by atoms with van der Waals surface area (Å²) in [6, 6.07) is 6.65. The summed E-state index contributed by atoms with van der Waals surface area (Å²) in [6.45, 7) is 2.22. The number of thioether (sulfide) groups is 1. The molecule has 0 amide bonds. The maximum absolute atomic E-state index is 2.34. The third-order valence-electron chi connectivity index (χ3n) is 2.70. The zero-order valence-corrected chi connectivity index (χ0v) is 7.77. The monoisotopic (exact) mass is 174 g/mol. The molecule has 2 aliphatic rings. The summed E-state index contributed by atoms with van der Waals surface area (Å²) in [4.78, 5) is 0. The van der Waals surface area contributed by atoms with E-state index in [0.29, 0.717) is 10.5 Å². The van der Waals surface area contributed by atoms with E-state index < -0.39 is 0 Å². The fourth-order valence-corrected chi connectivity index (χ4v) is 3.62. The predicted octanol–water partition coefficient (Wildman–Crippen LogP) is 3.39. The molecule has 0 aromatic heterocycles. The van der Waals surface area contributed by atoms with Crippen LogP contribution in [0, 0.1) is 6.92 Å². The molecule has 0 saturated carbocycles. The first kappa shape index (κ1) is 6.79. The summed E-state index contributed by atoms with van der Waals surface area (Å²) < 4.78 is 0. The molecular formula is C11H10S. The minimum atomic E-state index is 0.657. The van der Waals surface area contributed by atoms with Crippen molar-refractivity contribution in [2.45, 2.75) is 17.4 Å². The number of benzene rings is 1. The van der Waals surface area contributed by atoms with Gasteiger partial charge in [0.05, 0.1) is 0 Å². The fourth-order valence-electron chi connectivity index (χ4n) is 2.13. The highest BCUT2D eigenvalue weighted by atomic mass is 32.2. The van der Waals surface area contributed by atoms with Gasteiger partial charge in [0.25, 0.3) is 0 Å². The van der Waals surface area contributed by atoms with Gasteiger partial charge in [-0.3, -0.25) is 0 Å². The second-order valence-corrected chi connectivity index (χ2v) is 4.73. The molecule has 0 nitrogen and oxygen atoms in total. The molecule has 60 valence electrons. The van der Waals surface area contributed by atoms with Crippen LogP contribution < -0.4 is 0 Å². The Labute approximate surface area is 76.7 Å². The smallest absolute Gasteiger partial charge is 0.0492 e. The van der Waals surface area contributed by atoms with Crippen LogP contribution in [0.2, 0.25) is 0 Å². The van der Waals surface area contributed by atoms with E-state index in [4.69, 9.17) is 0 Å². The lowest BCUT2D eigenvalue weighted by Crippen LogP contribution is -1.94. The van der Waals surface area contributed by atoms with Crippen LogP contribution in [0.25, 0.3) is 0 Å². The molecule has 0 spiro atoms. The number of hydrogen-bond acceptors (Lipinski definition) is 1. The van der Waals surface area contributed by atoms with Crippen molar-refractivity contribution in [2.75, 3.05) is 0 Å². The van der Waals surface area contributed by atoms with E-state index in [1.54, 1.807) is 11.1 Å². The maximum Gasteiger partial charge on any atom is 0.0492 e. The molecule has 2 heterocycles. The van der Waals surface area contributed by atoms with Crippen LogP contribution in [-0.2, 0) is 0 Å². The van der Waals surface area contributed by atoms with E-state index in [2.05, 4.69) is 49.0 Å². The van der Waals surface area contributed by atoms with Crippen molar-refractivity contribution < 1.29 is 0 Å². The minimum Gasteiger partial charge on any atom is -0.137 e. The number of fused-ring (bicyclic) bond motifs is 5. The topological polar surface area (TPSA) is 0 Å². The normalized spacial score (nSPS) is 29.4. The molecule has 0 saturated heterocycles. The van der Waals surface area contributed by atoms with Crippen LogP contribution in [0.1, 0.15) is 27.2 Å². The standard InChI is InChI=1S/C11H10S/c1-7-3-2-4-8-9-5-6-10(12-9)11(7)8/h2-6,9-10H,1H3/t9-,10+/m0/s1. The Morgan fingerprint density at radius 3 is 2.83 bits per heavy atom. The van der Waals surface area contributed by atoms with Crippen LogP contribution in [0.5, 0.6) is 0 Å². The van der Waals surface area contributed by atoms with Gasteiger partial charge >= 0.3 is 0 Å².